The molecule has 1 amide bonds. The number of amides is 1. The van der Waals surface area contributed by atoms with Crippen molar-refractivity contribution in [3.63, 3.8) is 0 Å². The Labute approximate surface area is 176 Å². The highest BCUT2D eigenvalue weighted by molar-refractivity contribution is 8.00. The third-order valence-corrected chi connectivity index (χ3v) is 7.30. The van der Waals surface area contributed by atoms with Crippen LogP contribution in [0.1, 0.15) is 56.0 Å². The molecule has 5 rings (SSSR count). The van der Waals surface area contributed by atoms with Crippen LogP contribution in [0, 0.1) is 0 Å². The molecule has 7 heteroatoms. The second-order valence-electron chi connectivity index (χ2n) is 8.71. The number of hydrogen-bond donors (Lipinski definition) is 1. The minimum atomic E-state index is -0.112. The number of benzene rings is 1. The summed E-state index contributed by atoms with van der Waals surface area (Å²) in [7, 11) is 0. The van der Waals surface area contributed by atoms with Crippen LogP contribution in [0.4, 0.5) is 0 Å². The standard InChI is InChI=1S/C22H29N5OS/c1-16(29-22-24-23-20(18-7-8-18)27(22)19-9-10-19)21(28)26-13-11-25(12-14-26)15-17-5-3-2-4-6-17/h2-6,16,18-19H,7-15H2,1H3/p+1/t16-/m0/s1. The summed E-state index contributed by atoms with van der Waals surface area (Å²) in [4.78, 5) is 16.7. The first kappa shape index (κ1) is 19.1. The first-order valence-electron chi connectivity index (χ1n) is 11.0. The van der Waals surface area contributed by atoms with Gasteiger partial charge in [0, 0.05) is 17.5 Å². The maximum Gasteiger partial charge on any atom is 0.236 e. The fourth-order valence-corrected chi connectivity index (χ4v) is 5.25. The normalized spacial score (nSPS) is 21.3. The van der Waals surface area contributed by atoms with Gasteiger partial charge in [0.15, 0.2) is 5.16 Å². The molecule has 2 saturated carbocycles. The van der Waals surface area contributed by atoms with E-state index in [2.05, 4.69) is 45.1 Å². The fraction of sp³-hybridized carbons (Fsp3) is 0.591. The van der Waals surface area contributed by atoms with Gasteiger partial charge in [-0.15, -0.1) is 10.2 Å². The Hall–Kier alpha value is -1.86. The van der Waals surface area contributed by atoms with Crippen LogP contribution in [0.2, 0.25) is 0 Å². The lowest BCUT2D eigenvalue weighted by atomic mass is 10.2. The van der Waals surface area contributed by atoms with Crippen molar-refractivity contribution >= 4 is 17.7 Å². The molecule has 1 aliphatic heterocycles. The summed E-state index contributed by atoms with van der Waals surface area (Å²) >= 11 is 1.60. The van der Waals surface area contributed by atoms with Gasteiger partial charge < -0.3 is 14.4 Å². The molecule has 0 radical (unpaired) electrons. The van der Waals surface area contributed by atoms with Crippen molar-refractivity contribution in [2.45, 2.75) is 61.5 Å². The van der Waals surface area contributed by atoms with Gasteiger partial charge >= 0.3 is 0 Å². The maximum atomic E-state index is 13.1. The number of carbonyl (C=O) groups is 1. The smallest absolute Gasteiger partial charge is 0.236 e. The number of carbonyl (C=O) groups excluding carboxylic acids is 1. The SMILES string of the molecule is C[C@H](Sc1nnc(C2CC2)n1C1CC1)C(=O)N1CC[NH+](Cc2ccccc2)CC1. The molecule has 2 aliphatic carbocycles. The Bertz CT molecular complexity index is 853. The topological polar surface area (TPSA) is 55.5 Å². The molecule has 3 aliphatic rings. The predicted molar refractivity (Wildman–Crippen MR) is 113 cm³/mol. The highest BCUT2D eigenvalue weighted by Gasteiger charge is 2.37. The van der Waals surface area contributed by atoms with E-state index >= 15 is 0 Å². The van der Waals surface area contributed by atoms with Crippen molar-refractivity contribution < 1.29 is 9.69 Å². The Balaban J connectivity index is 1.16. The molecule has 29 heavy (non-hydrogen) atoms. The molecule has 1 N–H and O–H groups in total. The second-order valence-corrected chi connectivity index (χ2v) is 10.0. The maximum absolute atomic E-state index is 13.1. The van der Waals surface area contributed by atoms with Gasteiger partial charge in [0.1, 0.15) is 12.4 Å². The number of rotatable bonds is 7. The van der Waals surface area contributed by atoms with Crippen LogP contribution in [0.25, 0.3) is 0 Å². The number of nitrogens with one attached hydrogen (secondary N) is 1. The van der Waals surface area contributed by atoms with Gasteiger partial charge in [-0.2, -0.15) is 0 Å². The van der Waals surface area contributed by atoms with Gasteiger partial charge in [-0.25, -0.2) is 0 Å². The van der Waals surface area contributed by atoms with E-state index in [1.54, 1.807) is 16.7 Å². The summed E-state index contributed by atoms with van der Waals surface area (Å²) in [6, 6.07) is 11.2. The Kier molecular flexibility index (Phi) is 5.35. The van der Waals surface area contributed by atoms with Gasteiger partial charge in [-0.05, 0) is 32.6 Å². The monoisotopic (exact) mass is 412 g/mol. The lowest BCUT2D eigenvalue weighted by Gasteiger charge is -2.33. The van der Waals surface area contributed by atoms with Crippen LogP contribution in [-0.4, -0.2) is 57.0 Å². The van der Waals surface area contributed by atoms with E-state index in [1.165, 1.54) is 31.2 Å². The zero-order valence-corrected chi connectivity index (χ0v) is 17.9. The van der Waals surface area contributed by atoms with Gasteiger partial charge in [0.05, 0.1) is 31.4 Å². The lowest BCUT2D eigenvalue weighted by molar-refractivity contribution is -0.917. The number of quaternary nitrogens is 1. The molecule has 1 saturated heterocycles. The van der Waals surface area contributed by atoms with Crippen molar-refractivity contribution in [3.05, 3.63) is 41.7 Å². The average Bonchev–Trinajstić information content (AvgIpc) is 3.68. The van der Waals surface area contributed by atoms with E-state index < -0.39 is 0 Å². The summed E-state index contributed by atoms with van der Waals surface area (Å²) < 4.78 is 2.34. The van der Waals surface area contributed by atoms with E-state index in [4.69, 9.17) is 0 Å². The second kappa shape index (κ2) is 8.11. The highest BCUT2D eigenvalue weighted by atomic mass is 32.2. The van der Waals surface area contributed by atoms with Crippen molar-refractivity contribution in [1.82, 2.24) is 19.7 Å². The molecule has 2 aromatic rings. The van der Waals surface area contributed by atoms with E-state index in [9.17, 15) is 4.79 Å². The zero-order chi connectivity index (χ0) is 19.8. The molecule has 6 nitrogen and oxygen atoms in total. The first-order chi connectivity index (χ1) is 14.2. The third-order valence-electron chi connectivity index (χ3n) is 6.25. The molecular formula is C22H30N5OS+. The summed E-state index contributed by atoms with van der Waals surface area (Å²) in [6.45, 7) is 6.79. The number of nitrogens with zero attached hydrogens (tertiary/aromatic N) is 4. The van der Waals surface area contributed by atoms with Gasteiger partial charge in [-0.3, -0.25) is 4.79 Å². The van der Waals surface area contributed by atoms with E-state index in [-0.39, 0.29) is 11.2 Å². The molecule has 0 bridgehead atoms. The average molecular weight is 413 g/mol. The zero-order valence-electron chi connectivity index (χ0n) is 17.1. The van der Waals surface area contributed by atoms with Crippen molar-refractivity contribution in [1.29, 1.82) is 0 Å². The van der Waals surface area contributed by atoms with Crippen LogP contribution in [0.15, 0.2) is 35.5 Å². The molecule has 0 spiro atoms. The van der Waals surface area contributed by atoms with Crippen LogP contribution in [-0.2, 0) is 11.3 Å². The highest BCUT2D eigenvalue weighted by Crippen LogP contribution is 2.46. The Morgan fingerprint density at radius 3 is 2.52 bits per heavy atom. The van der Waals surface area contributed by atoms with Gasteiger partial charge in [0.2, 0.25) is 5.91 Å². The number of aromatic nitrogens is 3. The number of piperazine rings is 1. The van der Waals surface area contributed by atoms with Gasteiger partial charge in [0.25, 0.3) is 0 Å². The van der Waals surface area contributed by atoms with E-state index in [0.717, 1.165) is 43.7 Å². The van der Waals surface area contributed by atoms with Crippen molar-refractivity contribution in [3.8, 4) is 0 Å². The van der Waals surface area contributed by atoms with Crippen LogP contribution >= 0.6 is 11.8 Å². The van der Waals surface area contributed by atoms with Crippen LogP contribution in [0.3, 0.4) is 0 Å². The molecule has 0 unspecified atom stereocenters. The largest absolute Gasteiger partial charge is 0.330 e. The first-order valence-corrected chi connectivity index (χ1v) is 11.8. The Morgan fingerprint density at radius 1 is 1.14 bits per heavy atom. The third kappa shape index (κ3) is 4.36. The molecule has 1 aromatic heterocycles. The minimum Gasteiger partial charge on any atom is -0.330 e. The predicted octanol–water partition coefficient (Wildman–Crippen LogP) is 1.90. The molecule has 1 aromatic carbocycles. The van der Waals surface area contributed by atoms with E-state index in [0.29, 0.717) is 12.0 Å². The number of hydrogen-bond acceptors (Lipinski definition) is 4. The molecule has 1 atom stereocenters. The summed E-state index contributed by atoms with van der Waals surface area (Å²) in [5.74, 6) is 2.00. The van der Waals surface area contributed by atoms with Crippen molar-refractivity contribution in [2.24, 2.45) is 0 Å². The van der Waals surface area contributed by atoms with Crippen molar-refractivity contribution in [2.75, 3.05) is 26.2 Å². The quantitative estimate of drug-likeness (QED) is 0.706. The molecule has 3 fully saturated rings. The Morgan fingerprint density at radius 2 is 1.86 bits per heavy atom. The van der Waals surface area contributed by atoms with Crippen LogP contribution < -0.4 is 4.90 Å². The fourth-order valence-electron chi connectivity index (χ4n) is 4.23. The lowest BCUT2D eigenvalue weighted by Crippen LogP contribution is -3.13. The summed E-state index contributed by atoms with van der Waals surface area (Å²) in [5.41, 5.74) is 1.37. The van der Waals surface area contributed by atoms with Gasteiger partial charge in [-0.1, -0.05) is 42.1 Å². The summed E-state index contributed by atoms with van der Waals surface area (Å²) in [6.07, 6.45) is 4.92. The molecule has 2 heterocycles. The van der Waals surface area contributed by atoms with E-state index in [1.807, 2.05) is 11.8 Å². The van der Waals surface area contributed by atoms with Crippen LogP contribution in [0.5, 0.6) is 0 Å². The summed E-state index contributed by atoms with van der Waals surface area (Å²) in [5, 5.41) is 9.78. The number of thioether (sulfide) groups is 1. The molecule has 154 valence electrons. The minimum absolute atomic E-state index is 0.112. The molecular weight excluding hydrogens is 382 g/mol.